The topological polar surface area (TPSA) is 41.3 Å². The van der Waals surface area contributed by atoms with Crippen LogP contribution in [-0.2, 0) is 6.42 Å². The number of halogens is 4. The lowest BCUT2D eigenvalue weighted by Gasteiger charge is -2.18. The van der Waals surface area contributed by atoms with Crippen molar-refractivity contribution in [3.63, 3.8) is 0 Å². The van der Waals surface area contributed by atoms with Gasteiger partial charge in [-0.1, -0.05) is 30.1 Å². The van der Waals surface area contributed by atoms with Crippen molar-refractivity contribution in [2.45, 2.75) is 37.9 Å². The molecule has 0 radical (unpaired) electrons. The zero-order chi connectivity index (χ0) is 18.7. The van der Waals surface area contributed by atoms with Gasteiger partial charge in [0.15, 0.2) is 0 Å². The van der Waals surface area contributed by atoms with Gasteiger partial charge in [-0.3, -0.25) is 4.72 Å². The molecule has 0 amide bonds. The monoisotopic (exact) mass is 381 g/mol. The van der Waals surface area contributed by atoms with E-state index in [4.69, 9.17) is 5.73 Å². The largest absolute Gasteiger partial charge is 0.399 e. The molecular formula is C17H27F4N3S. The Labute approximate surface area is 151 Å². The van der Waals surface area contributed by atoms with E-state index in [1.807, 2.05) is 12.1 Å². The van der Waals surface area contributed by atoms with Crippen LogP contribution in [0.1, 0.15) is 24.8 Å². The molecule has 1 aromatic carbocycles. The van der Waals surface area contributed by atoms with Gasteiger partial charge >= 0.3 is 6.18 Å². The van der Waals surface area contributed by atoms with Gasteiger partial charge in [0.25, 0.3) is 0 Å². The molecule has 8 heteroatoms. The third-order valence-corrected chi connectivity index (χ3v) is 4.60. The van der Waals surface area contributed by atoms with Crippen LogP contribution < -0.4 is 10.5 Å². The fourth-order valence-corrected chi connectivity index (χ4v) is 2.87. The third-order valence-electron chi connectivity index (χ3n) is 3.83. The molecule has 1 heterocycles. The molecule has 2 rings (SSSR count). The van der Waals surface area contributed by atoms with Gasteiger partial charge in [-0.15, -0.1) is 0 Å². The first-order chi connectivity index (χ1) is 11.8. The highest BCUT2D eigenvalue weighted by Gasteiger charge is 2.26. The molecule has 1 unspecified atom stereocenters. The van der Waals surface area contributed by atoms with Gasteiger partial charge in [-0.2, -0.15) is 13.2 Å². The molecule has 3 N–H and O–H groups in total. The lowest BCUT2D eigenvalue weighted by atomic mass is 10.0. The molecule has 1 aliphatic heterocycles. The first-order valence-corrected chi connectivity index (χ1v) is 9.37. The lowest BCUT2D eigenvalue weighted by molar-refractivity contribution is -0.105. The van der Waals surface area contributed by atoms with E-state index in [1.54, 1.807) is 6.07 Å². The molecule has 144 valence electrons. The van der Waals surface area contributed by atoms with Crippen LogP contribution in [0.3, 0.4) is 0 Å². The Morgan fingerprint density at radius 3 is 2.40 bits per heavy atom. The van der Waals surface area contributed by atoms with Crippen molar-refractivity contribution < 1.29 is 17.6 Å². The summed E-state index contributed by atoms with van der Waals surface area (Å²) in [6.45, 7) is 3.45. The standard InChI is InChI=1S/C14H21FN2.C3H6F3NS/c15-14-6-2-1-5-12(14)11-13(16)7-10-17-8-3-4-9-17;1-7-8-2-3(4,5)6/h1-2,5-6,13H,3-4,7-11,16H2;7H,2H2,1H3. The van der Waals surface area contributed by atoms with Crippen molar-refractivity contribution in [1.29, 1.82) is 0 Å². The summed E-state index contributed by atoms with van der Waals surface area (Å²) in [4.78, 5) is 2.45. The summed E-state index contributed by atoms with van der Waals surface area (Å²) in [7, 11) is 1.45. The second-order valence-electron chi connectivity index (χ2n) is 6.00. The number of rotatable bonds is 7. The summed E-state index contributed by atoms with van der Waals surface area (Å²) in [6, 6.07) is 6.97. The highest BCUT2D eigenvalue weighted by Crippen LogP contribution is 2.18. The number of nitrogens with two attached hydrogens (primary N) is 1. The van der Waals surface area contributed by atoms with Crippen molar-refractivity contribution in [3.8, 4) is 0 Å². The minimum Gasteiger partial charge on any atom is -0.327 e. The third kappa shape index (κ3) is 10.7. The van der Waals surface area contributed by atoms with E-state index in [9.17, 15) is 17.6 Å². The maximum Gasteiger partial charge on any atom is 0.399 e. The normalized spacial score (nSPS) is 16.4. The molecule has 0 bridgehead atoms. The molecule has 0 saturated carbocycles. The van der Waals surface area contributed by atoms with E-state index in [0.717, 1.165) is 18.5 Å². The van der Waals surface area contributed by atoms with Gasteiger partial charge in [0, 0.05) is 6.04 Å². The molecular weight excluding hydrogens is 354 g/mol. The Bertz CT molecular complexity index is 479. The van der Waals surface area contributed by atoms with E-state index < -0.39 is 11.9 Å². The zero-order valence-corrected chi connectivity index (χ0v) is 15.3. The molecule has 1 atom stereocenters. The van der Waals surface area contributed by atoms with Gasteiger partial charge in [-0.25, -0.2) is 4.39 Å². The number of hydrogen-bond donors (Lipinski definition) is 2. The minimum absolute atomic E-state index is 0.0625. The van der Waals surface area contributed by atoms with Crippen molar-refractivity contribution in [2.75, 3.05) is 32.4 Å². The molecule has 0 aromatic heterocycles. The lowest BCUT2D eigenvalue weighted by Crippen LogP contribution is -2.30. The maximum absolute atomic E-state index is 13.4. The van der Waals surface area contributed by atoms with E-state index in [2.05, 4.69) is 9.62 Å². The molecule has 1 fully saturated rings. The smallest absolute Gasteiger partial charge is 0.327 e. The Kier molecular flexibility index (Phi) is 10.4. The summed E-state index contributed by atoms with van der Waals surface area (Å²) < 4.78 is 49.3. The van der Waals surface area contributed by atoms with Gasteiger partial charge in [0.2, 0.25) is 0 Å². The van der Waals surface area contributed by atoms with Crippen molar-refractivity contribution in [1.82, 2.24) is 9.62 Å². The average molecular weight is 381 g/mol. The number of benzene rings is 1. The summed E-state index contributed by atoms with van der Waals surface area (Å²) >= 11 is 0.640. The minimum atomic E-state index is -4.05. The van der Waals surface area contributed by atoms with Crippen LogP contribution in [0.4, 0.5) is 17.6 Å². The van der Waals surface area contributed by atoms with Crippen LogP contribution in [0.25, 0.3) is 0 Å². The predicted octanol–water partition coefficient (Wildman–Crippen LogP) is 3.60. The van der Waals surface area contributed by atoms with E-state index >= 15 is 0 Å². The fraction of sp³-hybridized carbons (Fsp3) is 0.647. The highest BCUT2D eigenvalue weighted by molar-refractivity contribution is 7.97. The number of nitrogens with zero attached hydrogens (tertiary/aromatic N) is 1. The molecule has 1 aromatic rings. The van der Waals surface area contributed by atoms with E-state index in [0.29, 0.717) is 18.4 Å². The van der Waals surface area contributed by atoms with Crippen LogP contribution in [0.15, 0.2) is 24.3 Å². The van der Waals surface area contributed by atoms with Crippen LogP contribution in [-0.4, -0.2) is 49.6 Å². The molecule has 1 saturated heterocycles. The molecule has 1 aliphatic rings. The van der Waals surface area contributed by atoms with Gasteiger partial charge < -0.3 is 10.6 Å². The molecule has 25 heavy (non-hydrogen) atoms. The van der Waals surface area contributed by atoms with Gasteiger partial charge in [0.05, 0.1) is 0 Å². The number of nitrogens with one attached hydrogen (secondary N) is 1. The van der Waals surface area contributed by atoms with Crippen molar-refractivity contribution in [2.24, 2.45) is 5.73 Å². The van der Waals surface area contributed by atoms with E-state index in [1.165, 1.54) is 39.0 Å². The zero-order valence-electron chi connectivity index (χ0n) is 14.5. The number of likely N-dealkylation sites (tertiary alicyclic amines) is 1. The summed E-state index contributed by atoms with van der Waals surface area (Å²) in [5, 5.41) is 0. The Balaban J connectivity index is 0.000000333. The fourth-order valence-electron chi connectivity index (χ4n) is 2.56. The van der Waals surface area contributed by atoms with Crippen LogP contribution >= 0.6 is 11.9 Å². The summed E-state index contributed by atoms with van der Waals surface area (Å²) in [5.74, 6) is -0.965. The average Bonchev–Trinajstić information content (AvgIpc) is 3.07. The highest BCUT2D eigenvalue weighted by atomic mass is 32.2. The Hall–Kier alpha value is -0.830. The Morgan fingerprint density at radius 1 is 1.24 bits per heavy atom. The second kappa shape index (κ2) is 11.7. The van der Waals surface area contributed by atoms with Gasteiger partial charge in [0.1, 0.15) is 11.6 Å². The first-order valence-electron chi connectivity index (χ1n) is 8.38. The Morgan fingerprint density at radius 2 is 1.88 bits per heavy atom. The van der Waals surface area contributed by atoms with Crippen LogP contribution in [0, 0.1) is 5.82 Å². The van der Waals surface area contributed by atoms with E-state index in [-0.39, 0.29) is 11.9 Å². The quantitative estimate of drug-likeness (QED) is 0.559. The molecule has 3 nitrogen and oxygen atoms in total. The second-order valence-corrected chi connectivity index (χ2v) is 6.99. The maximum atomic E-state index is 13.4. The van der Waals surface area contributed by atoms with Crippen molar-refractivity contribution in [3.05, 3.63) is 35.6 Å². The number of hydrogen-bond acceptors (Lipinski definition) is 4. The number of alkyl halides is 3. The van der Waals surface area contributed by atoms with Gasteiger partial charge in [-0.05, 0) is 64.0 Å². The van der Waals surface area contributed by atoms with Crippen LogP contribution in [0.5, 0.6) is 0 Å². The van der Waals surface area contributed by atoms with Crippen molar-refractivity contribution >= 4 is 11.9 Å². The van der Waals surface area contributed by atoms with Crippen LogP contribution in [0.2, 0.25) is 0 Å². The molecule has 0 aliphatic carbocycles. The first kappa shape index (κ1) is 22.2. The summed E-state index contributed by atoms with van der Waals surface area (Å²) in [5.41, 5.74) is 6.80. The summed E-state index contributed by atoms with van der Waals surface area (Å²) in [6.07, 6.45) is 0.160. The predicted molar refractivity (Wildman–Crippen MR) is 95.9 cm³/mol. The SMILES string of the molecule is CNSCC(F)(F)F.NC(CCN1CCCC1)Cc1ccccc1F. The molecule has 0 spiro atoms.